The molecule has 0 aliphatic carbocycles. The van der Waals surface area contributed by atoms with Crippen molar-refractivity contribution < 1.29 is 17.8 Å². The maximum Gasteiger partial charge on any atom is 0.319 e. The molecule has 3 nitrogen and oxygen atoms in total. The van der Waals surface area contributed by atoms with E-state index < -0.39 is 0 Å². The Balaban J connectivity index is 0.000000640. The van der Waals surface area contributed by atoms with Gasteiger partial charge in [0.1, 0.15) is 0 Å². The van der Waals surface area contributed by atoms with Crippen LogP contribution < -0.4 is 23.3 Å². The van der Waals surface area contributed by atoms with Gasteiger partial charge in [-0.15, -0.1) is 0 Å². The van der Waals surface area contributed by atoms with E-state index in [0.717, 1.165) is 0 Å². The molecule has 1 rings (SSSR count). The maximum atomic E-state index is 5.31. The van der Waals surface area contributed by atoms with Crippen LogP contribution in [0, 0.1) is 0 Å². The van der Waals surface area contributed by atoms with Gasteiger partial charge in [0.2, 0.25) is 0 Å². The van der Waals surface area contributed by atoms with Gasteiger partial charge >= 0.3 is 14.0 Å². The third-order valence-electron chi connectivity index (χ3n) is 0.632. The van der Waals surface area contributed by atoms with Crippen molar-refractivity contribution in [1.29, 1.82) is 0 Å². The molecular weight excluding hydrogens is 156 g/mol. The Morgan fingerprint density at radius 3 is 3.11 bits per heavy atom. The lowest BCUT2D eigenvalue weighted by Crippen LogP contribution is -3.00. The summed E-state index contributed by atoms with van der Waals surface area (Å²) in [6, 6.07) is 3.47. The molecule has 0 unspecified atom stereocenters. The fourth-order valence-corrected chi connectivity index (χ4v) is 0.679. The summed E-state index contributed by atoms with van der Waals surface area (Å²) in [4.78, 5) is 0. The van der Waals surface area contributed by atoms with Gasteiger partial charge in [0.25, 0.3) is 0 Å². The van der Waals surface area contributed by atoms with Gasteiger partial charge < -0.3 is 12.4 Å². The van der Waals surface area contributed by atoms with Crippen LogP contribution in [0.2, 0.25) is 0 Å². The number of nitrogens with two attached hydrogens (primary N) is 1. The van der Waals surface area contributed by atoms with Crippen molar-refractivity contribution in [2.45, 2.75) is 0 Å². The fourth-order valence-electron chi connectivity index (χ4n) is 0.321. The summed E-state index contributed by atoms with van der Waals surface area (Å²) in [5.41, 5.74) is 0.532. The molecule has 5 heteroatoms. The average Bonchev–Trinajstić information content (AvgIpc) is 1.94. The monoisotopic (exact) mass is 161 g/mol. The zero-order valence-electron chi connectivity index (χ0n) is 4.53. The third kappa shape index (κ3) is 3.12. The van der Waals surface area contributed by atoms with Crippen LogP contribution in [0.4, 0.5) is 0 Å². The highest BCUT2D eigenvalue weighted by molar-refractivity contribution is 7.20. The summed E-state index contributed by atoms with van der Waals surface area (Å²) >= 11 is 0. The molecular formula is C4H5ClN3P. The van der Waals surface area contributed by atoms with Crippen LogP contribution in [0.3, 0.4) is 0 Å². The molecule has 0 aliphatic heterocycles. The molecule has 0 aromatic carbocycles. The van der Waals surface area contributed by atoms with Crippen molar-refractivity contribution in [3.8, 4) is 0 Å². The molecule has 0 radical (unpaired) electrons. The van der Waals surface area contributed by atoms with Crippen molar-refractivity contribution in [3.05, 3.63) is 23.8 Å². The summed E-state index contributed by atoms with van der Waals surface area (Å²) in [6.45, 7) is 0. The van der Waals surface area contributed by atoms with E-state index in [9.17, 15) is 0 Å². The minimum Gasteiger partial charge on any atom is -1.00 e. The molecule has 1 aromatic rings. The van der Waals surface area contributed by atoms with Crippen LogP contribution in [-0.4, -0.2) is 9.49 Å². The smallest absolute Gasteiger partial charge is 0.319 e. The van der Waals surface area contributed by atoms with Gasteiger partial charge in [-0.3, -0.25) is 5.41 Å². The largest absolute Gasteiger partial charge is 1.00 e. The van der Waals surface area contributed by atoms with Crippen LogP contribution in [0.5, 0.6) is 0 Å². The first-order chi connectivity index (χ1) is 3.89. The van der Waals surface area contributed by atoms with Crippen molar-refractivity contribution in [3.63, 3.8) is 0 Å². The van der Waals surface area contributed by atoms with Crippen molar-refractivity contribution in [2.24, 2.45) is 0 Å². The Bertz CT molecular complexity index is 207. The van der Waals surface area contributed by atoms with Crippen molar-refractivity contribution >= 4 is 8.51 Å². The van der Waals surface area contributed by atoms with E-state index in [0.29, 0.717) is 14.0 Å². The molecule has 0 atom stereocenters. The van der Waals surface area contributed by atoms with E-state index in [1.165, 1.54) is 0 Å². The van der Waals surface area contributed by atoms with E-state index in [4.69, 9.17) is 5.41 Å². The first-order valence-corrected chi connectivity index (χ1v) is 2.93. The van der Waals surface area contributed by atoms with Gasteiger partial charge in [0.05, 0.1) is 0 Å². The predicted molar refractivity (Wildman–Crippen MR) is 29.6 cm³/mol. The maximum absolute atomic E-state index is 5.31. The molecule has 1 aromatic heterocycles. The second-order valence-corrected chi connectivity index (χ2v) is 1.85. The predicted octanol–water partition coefficient (Wildman–Crippen LogP) is -4.28. The lowest BCUT2D eigenvalue weighted by molar-refractivity contribution is -0.177. The van der Waals surface area contributed by atoms with Crippen LogP contribution in [0.1, 0.15) is 0 Å². The summed E-state index contributed by atoms with van der Waals surface area (Å²) in [5.74, 6) is 0. The topological polar surface area (TPSA) is 51.4 Å². The van der Waals surface area contributed by atoms with Gasteiger partial charge in [-0.2, -0.15) is 4.75 Å². The molecule has 48 valence electrons. The first-order valence-electron chi connectivity index (χ1n) is 2.13. The van der Waals surface area contributed by atoms with Gasteiger partial charge in [0, 0.05) is 12.3 Å². The SMILES string of the molecule is [Cl-].[NH2+]=c1cccnpn1. The molecule has 2 N–H and O–H groups in total. The minimum absolute atomic E-state index is 0. The molecule has 0 saturated carbocycles. The van der Waals surface area contributed by atoms with E-state index >= 15 is 0 Å². The summed E-state index contributed by atoms with van der Waals surface area (Å²) in [5, 5.41) is 5.31. The molecule has 0 bridgehead atoms. The molecule has 0 aliphatic rings. The Labute approximate surface area is 60.3 Å². The van der Waals surface area contributed by atoms with Crippen LogP contribution in [0.15, 0.2) is 18.3 Å². The highest BCUT2D eigenvalue weighted by Crippen LogP contribution is 1.77. The van der Waals surface area contributed by atoms with Gasteiger partial charge in [-0.1, -0.05) is 0 Å². The van der Waals surface area contributed by atoms with Crippen molar-refractivity contribution in [2.75, 3.05) is 0 Å². The lowest BCUT2D eigenvalue weighted by Gasteiger charge is -1.50. The Kier molecular flexibility index (Phi) is 4.10. The normalized spacial score (nSPS) is 8.44. The summed E-state index contributed by atoms with van der Waals surface area (Å²) in [6.07, 6.45) is 1.67. The lowest BCUT2D eigenvalue weighted by atomic mass is 10.6. The Hall–Kier alpha value is -0.530. The van der Waals surface area contributed by atoms with E-state index in [1.54, 1.807) is 18.3 Å². The van der Waals surface area contributed by atoms with Gasteiger partial charge in [-0.05, 0) is 10.8 Å². The second-order valence-electron chi connectivity index (χ2n) is 1.24. The second kappa shape index (κ2) is 4.36. The standard InChI is InChI=1S/C4H4N3P.ClH/c5-4-2-1-3-6-8-7-4;/h1-3,5H;1H. The third-order valence-corrected chi connectivity index (χ3v) is 1.19. The highest BCUT2D eigenvalue weighted by Gasteiger charge is 1.79. The average molecular weight is 162 g/mol. The van der Waals surface area contributed by atoms with E-state index in [1.807, 2.05) is 0 Å². The van der Waals surface area contributed by atoms with Crippen LogP contribution in [0.25, 0.3) is 0 Å². The van der Waals surface area contributed by atoms with Crippen LogP contribution >= 0.6 is 8.51 Å². The number of rotatable bonds is 0. The summed E-state index contributed by atoms with van der Waals surface area (Å²) < 4.78 is 7.62. The van der Waals surface area contributed by atoms with Crippen LogP contribution in [-0.2, 0) is 0 Å². The molecule has 0 fully saturated rings. The number of halogens is 1. The molecule has 9 heavy (non-hydrogen) atoms. The number of hydrogen-bond acceptors (Lipinski definition) is 2. The molecule has 0 spiro atoms. The van der Waals surface area contributed by atoms with Crippen molar-refractivity contribution in [1.82, 2.24) is 9.49 Å². The highest BCUT2D eigenvalue weighted by atomic mass is 35.5. The number of nitrogens with zero attached hydrogens (tertiary/aromatic N) is 2. The van der Waals surface area contributed by atoms with E-state index in [2.05, 4.69) is 9.49 Å². The van der Waals surface area contributed by atoms with Gasteiger partial charge in [0.15, 0.2) is 0 Å². The summed E-state index contributed by atoms with van der Waals surface area (Å²) in [7, 11) is 0.669. The van der Waals surface area contributed by atoms with Gasteiger partial charge in [-0.25, -0.2) is 0 Å². The quantitative estimate of drug-likeness (QED) is 0.419. The number of hydrogen-bond donors (Lipinski definition) is 1. The zero-order valence-corrected chi connectivity index (χ0v) is 6.18. The Morgan fingerprint density at radius 2 is 2.33 bits per heavy atom. The Morgan fingerprint density at radius 1 is 1.56 bits per heavy atom. The number of aromatic nitrogens is 2. The van der Waals surface area contributed by atoms with E-state index in [-0.39, 0.29) is 12.4 Å². The first kappa shape index (κ1) is 8.47. The molecule has 0 saturated heterocycles. The fraction of sp³-hybridized carbons (Fsp3) is 0. The zero-order chi connectivity index (χ0) is 5.82. The minimum atomic E-state index is 0. The molecule has 0 amide bonds. The molecule has 1 heterocycles.